The van der Waals surface area contributed by atoms with Gasteiger partial charge in [0.05, 0.1) is 12.2 Å². The topological polar surface area (TPSA) is 90.0 Å². The Balaban J connectivity index is 1.41. The second-order valence-corrected chi connectivity index (χ2v) is 7.71. The number of fused-ring (bicyclic) bond motifs is 1. The van der Waals surface area contributed by atoms with Gasteiger partial charge in [0.25, 0.3) is 0 Å². The van der Waals surface area contributed by atoms with E-state index >= 15 is 0 Å². The van der Waals surface area contributed by atoms with E-state index in [2.05, 4.69) is 42.0 Å². The molecule has 4 heterocycles. The molecule has 2 aliphatic rings. The molecule has 1 amide bonds. The standard InChI is InChI=1S/C18H26ClN7O/c1-2-25-7-4-6-13(25)9-20-17(27)12-5-3-8-26(10-12)16-14-15(22-11-21-14)23-18(19)24-16/h11-13H,2-10H2,1H3,(H,20,27)(H,21,22,23,24)/t12-,13+/m1/s1. The maximum atomic E-state index is 12.8. The van der Waals surface area contributed by atoms with Gasteiger partial charge in [-0.2, -0.15) is 9.97 Å². The molecular weight excluding hydrogens is 366 g/mol. The van der Waals surface area contributed by atoms with Crippen LogP contribution in [-0.2, 0) is 4.79 Å². The molecule has 2 saturated heterocycles. The van der Waals surface area contributed by atoms with E-state index in [1.165, 1.54) is 12.8 Å². The van der Waals surface area contributed by atoms with Crippen LogP contribution in [0.15, 0.2) is 6.33 Å². The van der Waals surface area contributed by atoms with Crippen LogP contribution < -0.4 is 10.2 Å². The van der Waals surface area contributed by atoms with E-state index < -0.39 is 0 Å². The highest BCUT2D eigenvalue weighted by Gasteiger charge is 2.29. The van der Waals surface area contributed by atoms with Gasteiger partial charge in [0.1, 0.15) is 5.52 Å². The number of aromatic nitrogens is 4. The quantitative estimate of drug-likeness (QED) is 0.755. The fraction of sp³-hybridized carbons (Fsp3) is 0.667. The Morgan fingerprint density at radius 1 is 1.33 bits per heavy atom. The molecule has 2 fully saturated rings. The van der Waals surface area contributed by atoms with Gasteiger partial charge in [-0.3, -0.25) is 9.69 Å². The molecule has 9 heteroatoms. The van der Waals surface area contributed by atoms with Crippen LogP contribution in [0.5, 0.6) is 0 Å². The first-order valence-electron chi connectivity index (χ1n) is 9.79. The third kappa shape index (κ3) is 3.87. The van der Waals surface area contributed by atoms with Crippen molar-refractivity contribution in [2.75, 3.05) is 37.6 Å². The molecule has 8 nitrogen and oxygen atoms in total. The molecule has 2 aromatic rings. The normalized spacial score (nSPS) is 23.9. The number of carbonyl (C=O) groups excluding carboxylic acids is 1. The molecule has 0 aromatic carbocycles. The van der Waals surface area contributed by atoms with Crippen molar-refractivity contribution in [2.24, 2.45) is 5.92 Å². The summed E-state index contributed by atoms with van der Waals surface area (Å²) in [5.41, 5.74) is 1.32. The van der Waals surface area contributed by atoms with Crippen LogP contribution in [0, 0.1) is 5.92 Å². The van der Waals surface area contributed by atoms with Gasteiger partial charge >= 0.3 is 0 Å². The number of likely N-dealkylation sites (tertiary alicyclic amines) is 1. The number of nitrogens with one attached hydrogen (secondary N) is 2. The van der Waals surface area contributed by atoms with Crippen molar-refractivity contribution in [1.29, 1.82) is 0 Å². The highest BCUT2D eigenvalue weighted by atomic mass is 35.5. The molecule has 4 rings (SSSR count). The minimum absolute atomic E-state index is 0.0399. The summed E-state index contributed by atoms with van der Waals surface area (Å²) in [6, 6.07) is 0.476. The van der Waals surface area contributed by atoms with Crippen molar-refractivity contribution in [3.8, 4) is 0 Å². The summed E-state index contributed by atoms with van der Waals surface area (Å²) in [6.45, 7) is 6.59. The van der Waals surface area contributed by atoms with Gasteiger partial charge in [0, 0.05) is 25.7 Å². The molecule has 0 aliphatic carbocycles. The van der Waals surface area contributed by atoms with Gasteiger partial charge in [0.2, 0.25) is 11.2 Å². The molecule has 0 radical (unpaired) electrons. The first-order chi connectivity index (χ1) is 13.2. The van der Waals surface area contributed by atoms with E-state index in [-0.39, 0.29) is 17.1 Å². The first kappa shape index (κ1) is 18.4. The van der Waals surface area contributed by atoms with Gasteiger partial charge in [-0.25, -0.2) is 4.98 Å². The molecule has 27 heavy (non-hydrogen) atoms. The van der Waals surface area contributed by atoms with Crippen molar-refractivity contribution in [3.05, 3.63) is 11.6 Å². The minimum Gasteiger partial charge on any atom is -0.354 e. The average Bonchev–Trinajstić information content (AvgIpc) is 3.34. The Morgan fingerprint density at radius 3 is 3.04 bits per heavy atom. The predicted molar refractivity (Wildman–Crippen MR) is 105 cm³/mol. The molecule has 2 atom stereocenters. The smallest absolute Gasteiger partial charge is 0.226 e. The minimum atomic E-state index is -0.0399. The first-order valence-corrected chi connectivity index (χ1v) is 10.2. The van der Waals surface area contributed by atoms with E-state index in [1.807, 2.05) is 0 Å². The lowest BCUT2D eigenvalue weighted by Gasteiger charge is -2.33. The number of hydrogen-bond acceptors (Lipinski definition) is 6. The molecule has 146 valence electrons. The zero-order valence-electron chi connectivity index (χ0n) is 15.6. The lowest BCUT2D eigenvalue weighted by atomic mass is 9.97. The van der Waals surface area contributed by atoms with Crippen LogP contribution in [-0.4, -0.2) is 69.5 Å². The maximum absolute atomic E-state index is 12.8. The highest BCUT2D eigenvalue weighted by Crippen LogP contribution is 2.27. The number of aromatic amines is 1. The van der Waals surface area contributed by atoms with Crippen LogP contribution in [0.3, 0.4) is 0 Å². The van der Waals surface area contributed by atoms with Crippen molar-refractivity contribution in [3.63, 3.8) is 0 Å². The fourth-order valence-corrected chi connectivity index (χ4v) is 4.47. The van der Waals surface area contributed by atoms with Crippen molar-refractivity contribution < 1.29 is 4.79 Å². The number of rotatable bonds is 5. The van der Waals surface area contributed by atoms with Crippen LogP contribution in [0.2, 0.25) is 5.28 Å². The zero-order valence-corrected chi connectivity index (χ0v) is 16.4. The van der Waals surface area contributed by atoms with Crippen molar-refractivity contribution >= 4 is 34.5 Å². The summed E-state index contributed by atoms with van der Waals surface area (Å²) >= 11 is 6.06. The Kier molecular flexibility index (Phi) is 5.45. The Labute approximate surface area is 163 Å². The van der Waals surface area contributed by atoms with Crippen molar-refractivity contribution in [1.82, 2.24) is 30.2 Å². The van der Waals surface area contributed by atoms with Gasteiger partial charge in [-0.15, -0.1) is 0 Å². The number of H-pyrrole nitrogens is 1. The summed E-state index contributed by atoms with van der Waals surface area (Å²) < 4.78 is 0. The highest BCUT2D eigenvalue weighted by molar-refractivity contribution is 6.28. The third-order valence-corrected chi connectivity index (χ3v) is 5.92. The Hall–Kier alpha value is -1.93. The van der Waals surface area contributed by atoms with Gasteiger partial charge < -0.3 is 15.2 Å². The molecule has 0 saturated carbocycles. The number of halogens is 1. The van der Waals surface area contributed by atoms with E-state index in [9.17, 15) is 4.79 Å². The molecule has 2 aliphatic heterocycles. The number of likely N-dealkylation sites (N-methyl/N-ethyl adjacent to an activating group) is 1. The SMILES string of the molecule is CCN1CCC[C@H]1CNC(=O)[C@@H]1CCCN(c2nc(Cl)nc3nc[nH]c23)C1. The largest absolute Gasteiger partial charge is 0.354 e. The van der Waals surface area contributed by atoms with E-state index in [0.29, 0.717) is 18.2 Å². The van der Waals surface area contributed by atoms with E-state index in [1.54, 1.807) is 6.33 Å². The average molecular weight is 392 g/mol. The number of piperidine rings is 1. The Bertz CT molecular complexity index is 810. The molecule has 0 unspecified atom stereocenters. The second kappa shape index (κ2) is 7.98. The summed E-state index contributed by atoms with van der Waals surface area (Å²) in [7, 11) is 0. The molecular formula is C18H26ClN7O. The van der Waals surface area contributed by atoms with Crippen molar-refractivity contribution in [2.45, 2.75) is 38.6 Å². The number of carbonyl (C=O) groups is 1. The number of imidazole rings is 1. The van der Waals surface area contributed by atoms with Gasteiger partial charge in [-0.1, -0.05) is 6.92 Å². The van der Waals surface area contributed by atoms with Crippen LogP contribution in [0.4, 0.5) is 5.82 Å². The number of amides is 1. The van der Waals surface area contributed by atoms with Gasteiger partial charge in [-0.05, 0) is 50.4 Å². The Morgan fingerprint density at radius 2 is 2.19 bits per heavy atom. The zero-order chi connectivity index (χ0) is 18.8. The molecule has 2 aromatic heterocycles. The van der Waals surface area contributed by atoms with Crippen LogP contribution in [0.25, 0.3) is 11.2 Å². The maximum Gasteiger partial charge on any atom is 0.226 e. The predicted octanol–water partition coefficient (Wildman–Crippen LogP) is 1.82. The summed E-state index contributed by atoms with van der Waals surface area (Å²) in [4.78, 5) is 33.1. The van der Waals surface area contributed by atoms with Gasteiger partial charge in [0.15, 0.2) is 11.5 Å². The number of anilines is 1. The van der Waals surface area contributed by atoms with Crippen LogP contribution >= 0.6 is 11.6 Å². The summed E-state index contributed by atoms with van der Waals surface area (Å²) in [5.74, 6) is 0.832. The number of hydrogen-bond donors (Lipinski definition) is 2. The van der Waals surface area contributed by atoms with E-state index in [0.717, 1.165) is 50.4 Å². The van der Waals surface area contributed by atoms with E-state index in [4.69, 9.17) is 11.6 Å². The summed E-state index contributed by atoms with van der Waals surface area (Å²) in [6.07, 6.45) is 5.83. The fourth-order valence-electron chi connectivity index (χ4n) is 4.31. The number of nitrogens with zero attached hydrogens (tertiary/aromatic N) is 5. The molecule has 0 bridgehead atoms. The third-order valence-electron chi connectivity index (χ3n) is 5.75. The van der Waals surface area contributed by atoms with Crippen LogP contribution in [0.1, 0.15) is 32.6 Å². The monoisotopic (exact) mass is 391 g/mol. The lowest BCUT2D eigenvalue weighted by Crippen LogP contribution is -2.46. The lowest BCUT2D eigenvalue weighted by molar-refractivity contribution is -0.125. The molecule has 2 N–H and O–H groups in total. The summed E-state index contributed by atoms with van der Waals surface area (Å²) in [5, 5.41) is 3.37. The second-order valence-electron chi connectivity index (χ2n) is 7.37. The molecule has 0 spiro atoms.